The number of amides is 1. The number of furan rings is 1. The number of nitrogens with one attached hydrogen (secondary N) is 1. The Balaban J connectivity index is 2.17. The molecule has 16 heavy (non-hydrogen) atoms. The maximum Gasteiger partial charge on any atom is 0.260 e. The van der Waals surface area contributed by atoms with Gasteiger partial charge in [-0.2, -0.15) is 0 Å². The number of hydrogen-bond donors (Lipinski definition) is 1. The smallest absolute Gasteiger partial charge is 0.260 e. The molecule has 2 rings (SSSR count). The summed E-state index contributed by atoms with van der Waals surface area (Å²) in [5.74, 6) is 0.615. The van der Waals surface area contributed by atoms with E-state index in [-0.39, 0.29) is 11.1 Å². The van der Waals surface area contributed by atoms with Crippen molar-refractivity contribution < 1.29 is 9.21 Å². The van der Waals surface area contributed by atoms with Crippen molar-refractivity contribution in [1.29, 1.82) is 0 Å². The van der Waals surface area contributed by atoms with Crippen LogP contribution in [-0.2, 0) is 0 Å². The number of aromatic nitrogens is 2. The summed E-state index contributed by atoms with van der Waals surface area (Å²) in [6, 6.07) is 3.06. The van der Waals surface area contributed by atoms with Gasteiger partial charge in [0.25, 0.3) is 5.91 Å². The lowest BCUT2D eigenvalue weighted by Crippen LogP contribution is -2.13. The molecular formula is C10H8ClN3O2. The number of rotatable bonds is 2. The summed E-state index contributed by atoms with van der Waals surface area (Å²) < 4.78 is 5.03. The van der Waals surface area contributed by atoms with E-state index in [2.05, 4.69) is 15.3 Å². The van der Waals surface area contributed by atoms with Gasteiger partial charge in [-0.1, -0.05) is 11.6 Å². The van der Waals surface area contributed by atoms with Crippen molar-refractivity contribution in [2.24, 2.45) is 0 Å². The number of hydrogen-bond acceptors (Lipinski definition) is 4. The highest BCUT2D eigenvalue weighted by Gasteiger charge is 2.12. The zero-order valence-corrected chi connectivity index (χ0v) is 9.15. The van der Waals surface area contributed by atoms with Crippen LogP contribution in [0.1, 0.15) is 16.1 Å². The Morgan fingerprint density at radius 1 is 1.50 bits per heavy atom. The average molecular weight is 238 g/mol. The fraction of sp³-hybridized carbons (Fsp3) is 0.100. The number of nitrogens with zero attached hydrogens (tertiary/aromatic N) is 2. The summed E-state index contributed by atoms with van der Waals surface area (Å²) in [5, 5.41) is 2.86. The van der Waals surface area contributed by atoms with E-state index in [1.165, 1.54) is 18.7 Å². The van der Waals surface area contributed by atoms with Crippen molar-refractivity contribution >= 4 is 23.3 Å². The fourth-order valence-electron chi connectivity index (χ4n) is 1.21. The number of halogens is 1. The van der Waals surface area contributed by atoms with Crippen molar-refractivity contribution in [3.63, 3.8) is 0 Å². The van der Waals surface area contributed by atoms with Crippen molar-refractivity contribution in [2.45, 2.75) is 6.92 Å². The highest BCUT2D eigenvalue weighted by atomic mass is 35.5. The summed E-state index contributed by atoms with van der Waals surface area (Å²) in [6.45, 7) is 1.71. The van der Waals surface area contributed by atoms with Gasteiger partial charge in [0.1, 0.15) is 23.1 Å². The highest BCUT2D eigenvalue weighted by Crippen LogP contribution is 2.13. The molecule has 0 aliphatic carbocycles. The third-order valence-electron chi connectivity index (χ3n) is 1.98. The molecule has 0 unspecified atom stereocenters. The zero-order valence-electron chi connectivity index (χ0n) is 8.40. The first-order chi connectivity index (χ1) is 7.66. The van der Waals surface area contributed by atoms with Crippen molar-refractivity contribution in [3.8, 4) is 0 Å². The maximum absolute atomic E-state index is 11.7. The lowest BCUT2D eigenvalue weighted by Gasteiger charge is -2.02. The van der Waals surface area contributed by atoms with Crippen LogP contribution in [0.4, 0.5) is 5.82 Å². The molecule has 0 aliphatic heterocycles. The molecule has 82 valence electrons. The number of carbonyl (C=O) groups is 1. The van der Waals surface area contributed by atoms with Gasteiger partial charge in [-0.3, -0.25) is 4.79 Å². The Kier molecular flexibility index (Phi) is 2.87. The quantitative estimate of drug-likeness (QED) is 0.814. The van der Waals surface area contributed by atoms with Gasteiger partial charge >= 0.3 is 0 Å². The Morgan fingerprint density at radius 3 is 2.94 bits per heavy atom. The summed E-state index contributed by atoms with van der Waals surface area (Å²) in [4.78, 5) is 19.3. The molecule has 0 saturated carbocycles. The molecule has 0 aromatic carbocycles. The van der Waals surface area contributed by atoms with Crippen LogP contribution < -0.4 is 5.32 Å². The number of aryl methyl sites for hydroxylation is 1. The van der Waals surface area contributed by atoms with E-state index in [0.717, 1.165) is 0 Å². The largest absolute Gasteiger partial charge is 0.469 e. The predicted molar refractivity (Wildman–Crippen MR) is 58.4 cm³/mol. The van der Waals surface area contributed by atoms with Crippen LogP contribution in [0.3, 0.4) is 0 Å². The molecular weight excluding hydrogens is 230 g/mol. The molecule has 6 heteroatoms. The van der Waals surface area contributed by atoms with E-state index < -0.39 is 0 Å². The van der Waals surface area contributed by atoms with E-state index in [9.17, 15) is 4.79 Å². The van der Waals surface area contributed by atoms with Crippen LogP contribution >= 0.6 is 11.6 Å². The van der Waals surface area contributed by atoms with Crippen LogP contribution in [0.25, 0.3) is 0 Å². The van der Waals surface area contributed by atoms with Gasteiger partial charge in [-0.05, 0) is 13.0 Å². The predicted octanol–water partition coefficient (Wildman–Crippen LogP) is 2.28. The minimum atomic E-state index is -0.291. The van der Waals surface area contributed by atoms with Gasteiger partial charge in [-0.15, -0.1) is 0 Å². The van der Waals surface area contributed by atoms with Gasteiger partial charge in [0, 0.05) is 6.07 Å². The first kappa shape index (κ1) is 10.6. The van der Waals surface area contributed by atoms with Crippen molar-refractivity contribution in [1.82, 2.24) is 9.97 Å². The zero-order chi connectivity index (χ0) is 11.5. The molecule has 0 bridgehead atoms. The van der Waals surface area contributed by atoms with Crippen LogP contribution in [-0.4, -0.2) is 15.9 Å². The molecule has 2 heterocycles. The van der Waals surface area contributed by atoms with Gasteiger partial charge in [-0.25, -0.2) is 9.97 Å². The molecule has 5 nitrogen and oxygen atoms in total. The Morgan fingerprint density at radius 2 is 2.31 bits per heavy atom. The fourth-order valence-corrected chi connectivity index (χ4v) is 1.35. The summed E-state index contributed by atoms with van der Waals surface area (Å²) in [6.07, 6.45) is 2.73. The molecule has 0 radical (unpaired) electrons. The first-order valence-electron chi connectivity index (χ1n) is 4.50. The van der Waals surface area contributed by atoms with Gasteiger partial charge in [0.05, 0.1) is 11.8 Å². The standard InChI is InChI=1S/C10H8ClN3O2/c1-6-7(2-3-16-6)10(15)14-9-4-8(11)12-5-13-9/h2-5H,1H3,(H,12,13,14,15). The summed E-state index contributed by atoms with van der Waals surface area (Å²) >= 11 is 5.66. The minimum absolute atomic E-state index is 0.272. The SMILES string of the molecule is Cc1occc1C(=O)Nc1cc(Cl)ncn1. The third-order valence-corrected chi connectivity index (χ3v) is 2.19. The van der Waals surface area contributed by atoms with Crippen LogP contribution in [0, 0.1) is 6.92 Å². The van der Waals surface area contributed by atoms with Crippen LogP contribution in [0.5, 0.6) is 0 Å². The van der Waals surface area contributed by atoms with Crippen LogP contribution in [0.15, 0.2) is 29.1 Å². The molecule has 2 aromatic heterocycles. The van der Waals surface area contributed by atoms with Crippen molar-refractivity contribution in [3.05, 3.63) is 41.2 Å². The topological polar surface area (TPSA) is 68.0 Å². The second-order valence-electron chi connectivity index (χ2n) is 3.07. The van der Waals surface area contributed by atoms with E-state index in [1.54, 1.807) is 13.0 Å². The number of carbonyl (C=O) groups excluding carboxylic acids is 1. The van der Waals surface area contributed by atoms with Gasteiger partial charge in [0.2, 0.25) is 0 Å². The molecule has 0 aliphatic rings. The maximum atomic E-state index is 11.7. The average Bonchev–Trinajstić information content (AvgIpc) is 2.64. The van der Waals surface area contributed by atoms with E-state index in [4.69, 9.17) is 16.0 Å². The second-order valence-corrected chi connectivity index (χ2v) is 3.46. The normalized spacial score (nSPS) is 10.1. The Hall–Kier alpha value is -1.88. The molecule has 0 atom stereocenters. The Bertz CT molecular complexity index is 524. The van der Waals surface area contributed by atoms with E-state index in [1.807, 2.05) is 0 Å². The van der Waals surface area contributed by atoms with Gasteiger partial charge < -0.3 is 9.73 Å². The van der Waals surface area contributed by atoms with Gasteiger partial charge in [0.15, 0.2) is 0 Å². The molecule has 0 spiro atoms. The lowest BCUT2D eigenvalue weighted by atomic mass is 10.2. The molecule has 2 aromatic rings. The van der Waals surface area contributed by atoms with E-state index >= 15 is 0 Å². The monoisotopic (exact) mass is 237 g/mol. The molecule has 0 fully saturated rings. The molecule has 1 N–H and O–H groups in total. The minimum Gasteiger partial charge on any atom is -0.469 e. The second kappa shape index (κ2) is 4.32. The summed E-state index contributed by atoms with van der Waals surface area (Å²) in [7, 11) is 0. The highest BCUT2D eigenvalue weighted by molar-refractivity contribution is 6.29. The van der Waals surface area contributed by atoms with Crippen molar-refractivity contribution in [2.75, 3.05) is 5.32 Å². The van der Waals surface area contributed by atoms with E-state index in [0.29, 0.717) is 17.1 Å². The third kappa shape index (κ3) is 2.20. The number of anilines is 1. The molecule has 1 amide bonds. The Labute approximate surface area is 96.5 Å². The first-order valence-corrected chi connectivity index (χ1v) is 4.87. The lowest BCUT2D eigenvalue weighted by molar-refractivity contribution is 0.102. The summed E-state index contributed by atoms with van der Waals surface area (Å²) in [5.41, 5.74) is 0.467. The van der Waals surface area contributed by atoms with Crippen LogP contribution in [0.2, 0.25) is 5.15 Å². The molecule has 0 saturated heterocycles.